The number of ketones is 2. The second-order valence-corrected chi connectivity index (χ2v) is 11.0. The molecule has 0 amide bonds. The summed E-state index contributed by atoms with van der Waals surface area (Å²) in [6.07, 6.45) is 3.36. The number of allylic oxidation sites excluding steroid dienone is 4. The Kier molecular flexibility index (Phi) is 8.52. The molecule has 0 radical (unpaired) electrons. The molecule has 40 heavy (non-hydrogen) atoms. The Bertz CT molecular complexity index is 1370. The van der Waals surface area contributed by atoms with Crippen LogP contribution in [0.5, 0.6) is 11.5 Å². The predicted molar refractivity (Wildman–Crippen MR) is 152 cm³/mol. The summed E-state index contributed by atoms with van der Waals surface area (Å²) in [5.41, 5.74) is 4.39. The Morgan fingerprint density at radius 1 is 0.950 bits per heavy atom. The van der Waals surface area contributed by atoms with Gasteiger partial charge in [-0.1, -0.05) is 35.3 Å². The van der Waals surface area contributed by atoms with E-state index in [1.54, 1.807) is 18.2 Å². The van der Waals surface area contributed by atoms with Crippen LogP contribution in [0.3, 0.4) is 0 Å². The van der Waals surface area contributed by atoms with Gasteiger partial charge in [-0.15, -0.1) is 0 Å². The van der Waals surface area contributed by atoms with E-state index in [1.165, 1.54) is 0 Å². The fraction of sp³-hybridized carbons (Fsp3) is 0.387. The van der Waals surface area contributed by atoms with Crippen molar-refractivity contribution in [3.8, 4) is 11.5 Å². The van der Waals surface area contributed by atoms with E-state index in [-0.39, 0.29) is 31.1 Å². The van der Waals surface area contributed by atoms with E-state index >= 15 is 0 Å². The molecule has 9 heteroatoms. The van der Waals surface area contributed by atoms with Crippen LogP contribution in [0.4, 0.5) is 0 Å². The third kappa shape index (κ3) is 5.63. The lowest BCUT2D eigenvalue weighted by molar-refractivity contribution is -0.137. The maximum Gasteiger partial charge on any atom is 0.305 e. The fourth-order valence-electron chi connectivity index (χ4n) is 5.92. The third-order valence-electron chi connectivity index (χ3n) is 7.60. The van der Waals surface area contributed by atoms with E-state index in [0.29, 0.717) is 83.4 Å². The highest BCUT2D eigenvalue weighted by molar-refractivity contribution is 6.32. The number of benzene rings is 2. The molecule has 3 aliphatic rings. The second-order valence-electron chi connectivity index (χ2n) is 10.2. The number of hydrogen-bond donors (Lipinski definition) is 1. The van der Waals surface area contributed by atoms with Crippen molar-refractivity contribution < 1.29 is 29.0 Å². The molecule has 0 spiro atoms. The van der Waals surface area contributed by atoms with Crippen LogP contribution < -0.4 is 9.47 Å². The van der Waals surface area contributed by atoms with Gasteiger partial charge in [0.2, 0.25) is 0 Å². The zero-order chi connectivity index (χ0) is 28.4. The summed E-state index contributed by atoms with van der Waals surface area (Å²) in [6, 6.07) is 10.9. The molecule has 1 N–H and O–H groups in total. The minimum Gasteiger partial charge on any atom is -0.490 e. The molecule has 0 saturated heterocycles. The second kappa shape index (κ2) is 12.1. The molecule has 1 aliphatic heterocycles. The summed E-state index contributed by atoms with van der Waals surface area (Å²) in [7, 11) is 0. The first-order chi connectivity index (χ1) is 19.3. The maximum absolute atomic E-state index is 13.5. The summed E-state index contributed by atoms with van der Waals surface area (Å²) < 4.78 is 12.1. The zero-order valence-corrected chi connectivity index (χ0v) is 23.8. The van der Waals surface area contributed by atoms with Crippen molar-refractivity contribution >= 4 is 40.7 Å². The van der Waals surface area contributed by atoms with E-state index in [4.69, 9.17) is 32.7 Å². The van der Waals surface area contributed by atoms with Gasteiger partial charge >= 0.3 is 5.97 Å². The standard InChI is InChI=1S/C31H31Cl2NO6/c1-2-39-26-16-19(15-21(33)31(26)40-17-18-9-11-20(32)12-10-18)28-29-22(5-3-7-24(29)35)34(14-13-27(37)38)23-6-4-8-25(36)30(23)28/h9-12,15-16,28H,2-8,13-14,17H2,1H3,(H,37,38). The molecule has 2 aromatic carbocycles. The molecule has 5 rings (SSSR count). The monoisotopic (exact) mass is 583 g/mol. The number of Topliss-reactive ketones (excluding diaryl/α,β-unsaturated/α-hetero) is 2. The van der Waals surface area contributed by atoms with Crippen molar-refractivity contribution in [2.45, 2.75) is 64.4 Å². The summed E-state index contributed by atoms with van der Waals surface area (Å²) in [5.74, 6) is -0.730. The molecular formula is C31H31Cl2NO6. The van der Waals surface area contributed by atoms with Gasteiger partial charge in [0.25, 0.3) is 0 Å². The average Bonchev–Trinajstić information content (AvgIpc) is 2.92. The van der Waals surface area contributed by atoms with Gasteiger partial charge in [-0.05, 0) is 68.0 Å². The van der Waals surface area contributed by atoms with Crippen LogP contribution in [0.1, 0.15) is 68.9 Å². The third-order valence-corrected chi connectivity index (χ3v) is 8.13. The lowest BCUT2D eigenvalue weighted by Gasteiger charge is -2.44. The Balaban J connectivity index is 1.60. The Labute approximate surface area is 243 Å². The first-order valence-corrected chi connectivity index (χ1v) is 14.4. The number of carboxylic acids is 1. The van der Waals surface area contributed by atoms with Crippen molar-refractivity contribution in [2.75, 3.05) is 13.2 Å². The number of ether oxygens (including phenoxy) is 2. The smallest absolute Gasteiger partial charge is 0.305 e. The Morgan fingerprint density at radius 2 is 1.57 bits per heavy atom. The first kappa shape index (κ1) is 28.2. The molecule has 1 heterocycles. The van der Waals surface area contributed by atoms with Crippen LogP contribution in [-0.4, -0.2) is 40.7 Å². The average molecular weight is 584 g/mol. The fourth-order valence-corrected chi connectivity index (χ4v) is 6.32. The minimum atomic E-state index is -0.918. The predicted octanol–water partition coefficient (Wildman–Crippen LogP) is 6.86. The molecule has 0 saturated carbocycles. The van der Waals surface area contributed by atoms with Gasteiger partial charge in [0.15, 0.2) is 23.1 Å². The minimum absolute atomic E-state index is 0.0198. The maximum atomic E-state index is 13.5. The number of hydrogen-bond acceptors (Lipinski definition) is 6. The van der Waals surface area contributed by atoms with Crippen molar-refractivity contribution in [2.24, 2.45) is 0 Å². The lowest BCUT2D eigenvalue weighted by Crippen LogP contribution is -2.39. The van der Waals surface area contributed by atoms with Crippen LogP contribution in [0, 0.1) is 0 Å². The normalized spacial score (nSPS) is 17.6. The van der Waals surface area contributed by atoms with Gasteiger partial charge in [0.1, 0.15) is 6.61 Å². The van der Waals surface area contributed by atoms with E-state index in [0.717, 1.165) is 17.0 Å². The molecule has 0 bridgehead atoms. The summed E-state index contributed by atoms with van der Waals surface area (Å²) >= 11 is 12.8. The number of nitrogens with zero attached hydrogens (tertiary/aromatic N) is 1. The number of carboxylic acid groups (broad SMARTS) is 1. The van der Waals surface area contributed by atoms with Crippen LogP contribution in [0.15, 0.2) is 58.9 Å². The molecule has 0 fully saturated rings. The van der Waals surface area contributed by atoms with Crippen LogP contribution in [0.25, 0.3) is 0 Å². The van der Waals surface area contributed by atoms with E-state index < -0.39 is 11.9 Å². The van der Waals surface area contributed by atoms with Crippen molar-refractivity contribution in [1.29, 1.82) is 0 Å². The summed E-state index contributed by atoms with van der Waals surface area (Å²) in [5, 5.41) is 10.3. The lowest BCUT2D eigenvalue weighted by atomic mass is 9.71. The zero-order valence-electron chi connectivity index (χ0n) is 22.3. The van der Waals surface area contributed by atoms with Crippen molar-refractivity contribution in [3.05, 3.63) is 80.1 Å². The molecule has 7 nitrogen and oxygen atoms in total. The summed E-state index contributed by atoms with van der Waals surface area (Å²) in [6.45, 7) is 2.70. The highest BCUT2D eigenvalue weighted by atomic mass is 35.5. The largest absolute Gasteiger partial charge is 0.490 e. The number of halogens is 2. The van der Waals surface area contributed by atoms with Crippen LogP contribution >= 0.6 is 23.2 Å². The number of carbonyl (C=O) groups excluding carboxylic acids is 2. The molecule has 210 valence electrons. The molecule has 2 aliphatic carbocycles. The van der Waals surface area contributed by atoms with Gasteiger partial charge in [0, 0.05) is 52.9 Å². The molecule has 0 aromatic heterocycles. The number of carbonyl (C=O) groups is 3. The molecule has 0 unspecified atom stereocenters. The van der Waals surface area contributed by atoms with Crippen LogP contribution in [-0.2, 0) is 21.0 Å². The van der Waals surface area contributed by atoms with E-state index in [2.05, 4.69) is 0 Å². The Morgan fingerprint density at radius 3 is 2.15 bits per heavy atom. The van der Waals surface area contributed by atoms with Crippen LogP contribution in [0.2, 0.25) is 10.0 Å². The van der Waals surface area contributed by atoms with Gasteiger partial charge in [-0.2, -0.15) is 0 Å². The van der Waals surface area contributed by atoms with Crippen molar-refractivity contribution in [3.63, 3.8) is 0 Å². The first-order valence-electron chi connectivity index (χ1n) is 13.6. The molecular weight excluding hydrogens is 553 g/mol. The van der Waals surface area contributed by atoms with E-state index in [9.17, 15) is 19.5 Å². The number of aliphatic carboxylic acids is 1. The van der Waals surface area contributed by atoms with E-state index in [1.807, 2.05) is 30.0 Å². The summed E-state index contributed by atoms with van der Waals surface area (Å²) in [4.78, 5) is 40.4. The number of rotatable bonds is 9. The van der Waals surface area contributed by atoms with Gasteiger partial charge in [-0.25, -0.2) is 0 Å². The molecule has 2 aromatic rings. The Hall–Kier alpha value is -3.29. The SMILES string of the molecule is CCOc1cc(C2C3=C(CCCC3=O)N(CCC(=O)O)C3=C2C(=O)CCC3)cc(Cl)c1OCc1ccc(Cl)cc1. The highest BCUT2D eigenvalue weighted by Crippen LogP contribution is 2.51. The van der Waals surface area contributed by atoms with Gasteiger partial charge < -0.3 is 19.5 Å². The highest BCUT2D eigenvalue weighted by Gasteiger charge is 2.43. The quantitative estimate of drug-likeness (QED) is 0.344. The van der Waals surface area contributed by atoms with Crippen molar-refractivity contribution in [1.82, 2.24) is 4.90 Å². The molecule has 0 atom stereocenters. The van der Waals surface area contributed by atoms with Gasteiger partial charge in [0.05, 0.1) is 18.1 Å². The van der Waals surface area contributed by atoms with Gasteiger partial charge in [-0.3, -0.25) is 14.4 Å². The topological polar surface area (TPSA) is 93.1 Å².